The van der Waals surface area contributed by atoms with Gasteiger partial charge in [0.1, 0.15) is 6.61 Å². The average molecular weight is 188 g/mol. The summed E-state index contributed by atoms with van der Waals surface area (Å²) in [6, 6.07) is 2.60. The van der Waals surface area contributed by atoms with Gasteiger partial charge in [0, 0.05) is 10.6 Å². The summed E-state index contributed by atoms with van der Waals surface area (Å²) >= 11 is 5.64. The number of fused-ring (bicyclic) bond motifs is 1. The first-order valence-electron chi connectivity index (χ1n) is 3.56. The van der Waals surface area contributed by atoms with Crippen molar-refractivity contribution in [2.24, 2.45) is 5.73 Å². The Hall–Kier alpha value is -0.800. The SMILES string of the molecule is NC1COc2c(F)cc(Cl)cc21. The topological polar surface area (TPSA) is 35.2 Å². The maximum atomic E-state index is 13.1. The molecule has 0 saturated carbocycles. The molecule has 0 saturated heterocycles. The molecule has 0 aliphatic carbocycles. The number of hydrogen-bond donors (Lipinski definition) is 1. The monoisotopic (exact) mass is 187 g/mol. The summed E-state index contributed by atoms with van der Waals surface area (Å²) in [4.78, 5) is 0. The molecule has 2 rings (SSSR count). The lowest BCUT2D eigenvalue weighted by molar-refractivity contribution is 0.319. The standard InChI is InChI=1S/C8H7ClFNO/c9-4-1-5-7(11)3-12-8(5)6(10)2-4/h1-2,7H,3,11H2. The van der Waals surface area contributed by atoms with Crippen LogP contribution in [0.4, 0.5) is 4.39 Å². The maximum Gasteiger partial charge on any atom is 0.166 e. The summed E-state index contributed by atoms with van der Waals surface area (Å²) in [7, 11) is 0. The second kappa shape index (κ2) is 2.61. The first kappa shape index (κ1) is 7.83. The Morgan fingerprint density at radius 3 is 3.08 bits per heavy atom. The Labute approximate surface area is 74.1 Å². The lowest BCUT2D eigenvalue weighted by atomic mass is 10.1. The summed E-state index contributed by atoms with van der Waals surface area (Å²) in [6.45, 7) is 0.326. The van der Waals surface area contributed by atoms with E-state index in [1.54, 1.807) is 6.07 Å². The molecule has 1 aromatic carbocycles. The lowest BCUT2D eigenvalue weighted by Gasteiger charge is -2.01. The fourth-order valence-electron chi connectivity index (χ4n) is 1.27. The van der Waals surface area contributed by atoms with Crippen molar-refractivity contribution in [3.8, 4) is 5.75 Å². The van der Waals surface area contributed by atoms with Crippen molar-refractivity contribution in [2.45, 2.75) is 6.04 Å². The molecule has 1 atom stereocenters. The molecule has 0 spiro atoms. The number of benzene rings is 1. The molecule has 1 unspecified atom stereocenters. The number of hydrogen-bond acceptors (Lipinski definition) is 2. The van der Waals surface area contributed by atoms with Crippen LogP contribution in [0.15, 0.2) is 12.1 Å². The van der Waals surface area contributed by atoms with Crippen molar-refractivity contribution in [3.63, 3.8) is 0 Å². The zero-order valence-electron chi connectivity index (χ0n) is 6.18. The van der Waals surface area contributed by atoms with Gasteiger partial charge in [0.2, 0.25) is 0 Å². The molecule has 1 heterocycles. The third-order valence-electron chi connectivity index (χ3n) is 1.84. The van der Waals surface area contributed by atoms with Crippen molar-refractivity contribution in [2.75, 3.05) is 6.61 Å². The Kier molecular flexibility index (Phi) is 1.70. The van der Waals surface area contributed by atoms with Crippen LogP contribution in [0.25, 0.3) is 0 Å². The van der Waals surface area contributed by atoms with Gasteiger partial charge >= 0.3 is 0 Å². The third kappa shape index (κ3) is 1.06. The van der Waals surface area contributed by atoms with Crippen LogP contribution in [0.5, 0.6) is 5.75 Å². The molecular formula is C8H7ClFNO. The van der Waals surface area contributed by atoms with Gasteiger partial charge in [0.15, 0.2) is 11.6 Å². The molecule has 64 valence electrons. The van der Waals surface area contributed by atoms with E-state index in [1.165, 1.54) is 6.07 Å². The molecule has 0 aromatic heterocycles. The van der Waals surface area contributed by atoms with Gasteiger partial charge in [0.05, 0.1) is 6.04 Å². The first-order valence-corrected chi connectivity index (χ1v) is 3.93. The highest BCUT2D eigenvalue weighted by Crippen LogP contribution is 2.35. The van der Waals surface area contributed by atoms with Crippen molar-refractivity contribution in [1.29, 1.82) is 0 Å². The minimum atomic E-state index is -0.439. The van der Waals surface area contributed by atoms with Gasteiger partial charge in [-0.05, 0) is 12.1 Å². The Morgan fingerprint density at radius 1 is 1.58 bits per heavy atom. The van der Waals surface area contributed by atoms with Gasteiger partial charge < -0.3 is 10.5 Å². The summed E-state index contributed by atoms with van der Waals surface area (Å²) in [5.74, 6) is -0.197. The molecule has 1 aliphatic rings. The van der Waals surface area contributed by atoms with Gasteiger partial charge in [-0.15, -0.1) is 0 Å². The molecule has 1 aliphatic heterocycles. The van der Waals surface area contributed by atoms with Gasteiger partial charge in [-0.2, -0.15) is 0 Å². The second-order valence-electron chi connectivity index (χ2n) is 2.72. The van der Waals surface area contributed by atoms with Crippen LogP contribution < -0.4 is 10.5 Å². The van der Waals surface area contributed by atoms with E-state index in [9.17, 15) is 4.39 Å². The largest absolute Gasteiger partial charge is 0.488 e. The van der Waals surface area contributed by atoms with Crippen molar-refractivity contribution >= 4 is 11.6 Å². The van der Waals surface area contributed by atoms with Crippen molar-refractivity contribution < 1.29 is 9.13 Å². The first-order chi connectivity index (χ1) is 5.68. The summed E-state index contributed by atoms with van der Waals surface area (Å²) in [6.07, 6.45) is 0. The molecule has 12 heavy (non-hydrogen) atoms. The van der Waals surface area contributed by atoms with E-state index < -0.39 is 5.82 Å². The van der Waals surface area contributed by atoms with Crippen LogP contribution in [0.2, 0.25) is 5.02 Å². The molecule has 0 fully saturated rings. The normalized spacial score (nSPS) is 20.4. The van der Waals surface area contributed by atoms with Gasteiger partial charge in [-0.25, -0.2) is 4.39 Å². The van der Waals surface area contributed by atoms with Gasteiger partial charge in [-0.1, -0.05) is 11.6 Å². The van der Waals surface area contributed by atoms with Gasteiger partial charge in [-0.3, -0.25) is 0 Å². The quantitative estimate of drug-likeness (QED) is 0.673. The predicted molar refractivity (Wildman–Crippen MR) is 43.8 cm³/mol. The smallest absolute Gasteiger partial charge is 0.166 e. The Bertz CT molecular complexity index is 329. The van der Waals surface area contributed by atoms with E-state index in [0.717, 1.165) is 0 Å². The third-order valence-corrected chi connectivity index (χ3v) is 2.06. The van der Waals surface area contributed by atoms with E-state index in [4.69, 9.17) is 22.1 Å². The number of halogens is 2. The minimum Gasteiger partial charge on any atom is -0.488 e. The zero-order chi connectivity index (χ0) is 8.72. The lowest BCUT2D eigenvalue weighted by Crippen LogP contribution is -2.10. The van der Waals surface area contributed by atoms with E-state index in [0.29, 0.717) is 17.2 Å². The van der Waals surface area contributed by atoms with E-state index in [-0.39, 0.29) is 11.8 Å². The van der Waals surface area contributed by atoms with Crippen LogP contribution in [0.1, 0.15) is 11.6 Å². The van der Waals surface area contributed by atoms with E-state index in [2.05, 4.69) is 0 Å². The average Bonchev–Trinajstić information content (AvgIpc) is 2.33. The molecule has 1 aromatic rings. The summed E-state index contributed by atoms with van der Waals surface area (Å²) < 4.78 is 18.1. The molecule has 0 bridgehead atoms. The Balaban J connectivity index is 2.60. The fourth-order valence-corrected chi connectivity index (χ4v) is 1.48. The molecule has 0 amide bonds. The van der Waals surface area contributed by atoms with Crippen LogP contribution in [0, 0.1) is 5.82 Å². The van der Waals surface area contributed by atoms with Crippen molar-refractivity contribution in [3.05, 3.63) is 28.5 Å². The highest BCUT2D eigenvalue weighted by atomic mass is 35.5. The van der Waals surface area contributed by atoms with Crippen LogP contribution in [0.3, 0.4) is 0 Å². The van der Waals surface area contributed by atoms with Crippen LogP contribution in [-0.4, -0.2) is 6.61 Å². The maximum absolute atomic E-state index is 13.1. The van der Waals surface area contributed by atoms with Crippen molar-refractivity contribution in [1.82, 2.24) is 0 Å². The molecule has 0 radical (unpaired) electrons. The molecular weight excluding hydrogens is 181 g/mol. The van der Waals surface area contributed by atoms with Crippen LogP contribution >= 0.6 is 11.6 Å². The highest BCUT2D eigenvalue weighted by molar-refractivity contribution is 6.30. The van der Waals surface area contributed by atoms with E-state index in [1.807, 2.05) is 0 Å². The fraction of sp³-hybridized carbons (Fsp3) is 0.250. The van der Waals surface area contributed by atoms with E-state index >= 15 is 0 Å². The molecule has 4 heteroatoms. The molecule has 2 nitrogen and oxygen atoms in total. The minimum absolute atomic E-state index is 0.243. The highest BCUT2D eigenvalue weighted by Gasteiger charge is 2.24. The second-order valence-corrected chi connectivity index (χ2v) is 3.16. The van der Waals surface area contributed by atoms with Crippen LogP contribution in [-0.2, 0) is 0 Å². The summed E-state index contributed by atoms with van der Waals surface area (Å²) in [5, 5.41) is 0.354. The number of ether oxygens (including phenoxy) is 1. The molecule has 2 N–H and O–H groups in total. The summed E-state index contributed by atoms with van der Waals surface area (Å²) in [5.41, 5.74) is 6.29. The number of rotatable bonds is 0. The number of nitrogens with two attached hydrogens (primary N) is 1. The Morgan fingerprint density at radius 2 is 2.33 bits per heavy atom. The van der Waals surface area contributed by atoms with Gasteiger partial charge in [0.25, 0.3) is 0 Å². The zero-order valence-corrected chi connectivity index (χ0v) is 6.94. The predicted octanol–water partition coefficient (Wildman–Crippen LogP) is 1.87.